The van der Waals surface area contributed by atoms with Crippen molar-refractivity contribution in [2.45, 2.75) is 24.4 Å². The van der Waals surface area contributed by atoms with E-state index in [-0.39, 0.29) is 10.9 Å². The summed E-state index contributed by atoms with van der Waals surface area (Å²) in [6, 6.07) is 6.38. The van der Waals surface area contributed by atoms with Crippen molar-refractivity contribution in [1.82, 2.24) is 14.2 Å². The molecular formula is C20H27N5O4S. The first-order valence-electron chi connectivity index (χ1n) is 10.2. The number of piperidine rings is 1. The van der Waals surface area contributed by atoms with Gasteiger partial charge >= 0.3 is 0 Å². The Kier molecular flexibility index (Phi) is 6.07. The highest BCUT2D eigenvalue weighted by Gasteiger charge is 2.29. The van der Waals surface area contributed by atoms with E-state index in [1.807, 2.05) is 6.07 Å². The molecule has 1 amide bonds. The van der Waals surface area contributed by atoms with E-state index < -0.39 is 15.9 Å². The van der Waals surface area contributed by atoms with Crippen LogP contribution < -0.4 is 10.2 Å². The molecule has 1 N–H and O–H groups in total. The summed E-state index contributed by atoms with van der Waals surface area (Å²) in [5.41, 5.74) is 0.523. The van der Waals surface area contributed by atoms with E-state index in [9.17, 15) is 13.2 Å². The van der Waals surface area contributed by atoms with Gasteiger partial charge in [0.1, 0.15) is 5.82 Å². The van der Waals surface area contributed by atoms with Gasteiger partial charge in [-0.15, -0.1) is 0 Å². The molecule has 2 aliphatic heterocycles. The summed E-state index contributed by atoms with van der Waals surface area (Å²) < 4.78 is 32.1. The van der Waals surface area contributed by atoms with Gasteiger partial charge in [-0.1, -0.05) is 6.42 Å². The lowest BCUT2D eigenvalue weighted by Gasteiger charge is -2.33. The predicted molar refractivity (Wildman–Crippen MR) is 113 cm³/mol. The number of sulfonamides is 1. The second-order valence-corrected chi connectivity index (χ2v) is 9.60. The van der Waals surface area contributed by atoms with Crippen LogP contribution in [0.15, 0.2) is 40.0 Å². The topological polar surface area (TPSA) is 99.0 Å². The van der Waals surface area contributed by atoms with Crippen LogP contribution >= 0.6 is 0 Å². The van der Waals surface area contributed by atoms with E-state index >= 15 is 0 Å². The molecule has 0 saturated carbocycles. The van der Waals surface area contributed by atoms with Crippen molar-refractivity contribution in [3.8, 4) is 0 Å². The second-order valence-electron chi connectivity index (χ2n) is 7.73. The summed E-state index contributed by atoms with van der Waals surface area (Å²) >= 11 is 0. The average molecular weight is 434 g/mol. The van der Waals surface area contributed by atoms with E-state index in [1.54, 1.807) is 12.3 Å². The number of nitrogens with zero attached hydrogens (tertiary/aromatic N) is 4. The fourth-order valence-corrected chi connectivity index (χ4v) is 5.12. The molecule has 2 saturated heterocycles. The molecule has 2 aliphatic rings. The first kappa shape index (κ1) is 20.8. The van der Waals surface area contributed by atoms with Crippen LogP contribution in [0.4, 0.5) is 11.5 Å². The number of nitrogens with one attached hydrogen (secondary N) is 1. The van der Waals surface area contributed by atoms with Gasteiger partial charge in [-0.25, -0.2) is 13.4 Å². The molecule has 9 nitrogen and oxygen atoms in total. The number of hydrogen-bond donors (Lipinski definition) is 1. The Morgan fingerprint density at radius 3 is 2.40 bits per heavy atom. The van der Waals surface area contributed by atoms with Gasteiger partial charge in [0.15, 0.2) is 5.76 Å². The molecule has 0 spiro atoms. The SMILES string of the molecule is CN1CCN(c2ccc(NC(=O)c3ccc(S(=O)(=O)N4CCCCC4)o3)cn2)CC1. The van der Waals surface area contributed by atoms with Crippen LogP contribution in [-0.4, -0.2) is 74.8 Å². The number of rotatable bonds is 5. The van der Waals surface area contributed by atoms with Crippen molar-refractivity contribution in [1.29, 1.82) is 0 Å². The van der Waals surface area contributed by atoms with Crippen LogP contribution in [0.5, 0.6) is 0 Å². The Morgan fingerprint density at radius 1 is 1.00 bits per heavy atom. The van der Waals surface area contributed by atoms with Crippen molar-refractivity contribution < 1.29 is 17.6 Å². The lowest BCUT2D eigenvalue weighted by atomic mass is 10.2. The van der Waals surface area contributed by atoms with Crippen LogP contribution in [-0.2, 0) is 10.0 Å². The van der Waals surface area contributed by atoms with Crippen molar-refractivity contribution in [3.05, 3.63) is 36.2 Å². The van der Waals surface area contributed by atoms with Crippen molar-refractivity contribution in [2.24, 2.45) is 0 Å². The highest BCUT2D eigenvalue weighted by molar-refractivity contribution is 7.89. The molecule has 2 fully saturated rings. The standard InChI is InChI=1S/C20H27N5O4S/c1-23-11-13-24(14-12-23)18-7-5-16(15-21-18)22-20(26)17-6-8-19(29-17)30(27,28)25-9-3-2-4-10-25/h5-8,15H,2-4,9-14H2,1H3,(H,22,26). The molecule has 162 valence electrons. The molecule has 0 bridgehead atoms. The first-order chi connectivity index (χ1) is 14.4. The summed E-state index contributed by atoms with van der Waals surface area (Å²) in [4.78, 5) is 21.4. The fourth-order valence-electron chi connectivity index (χ4n) is 3.69. The van der Waals surface area contributed by atoms with Gasteiger partial charge in [-0.05, 0) is 44.2 Å². The van der Waals surface area contributed by atoms with Gasteiger partial charge in [0.2, 0.25) is 5.09 Å². The van der Waals surface area contributed by atoms with Crippen molar-refractivity contribution in [3.63, 3.8) is 0 Å². The molecule has 0 aliphatic carbocycles. The lowest BCUT2D eigenvalue weighted by molar-refractivity contribution is 0.0991. The largest absolute Gasteiger partial charge is 0.438 e. The van der Waals surface area contributed by atoms with Gasteiger partial charge in [0.25, 0.3) is 15.9 Å². The number of furan rings is 1. The Morgan fingerprint density at radius 2 is 1.73 bits per heavy atom. The van der Waals surface area contributed by atoms with Gasteiger partial charge in [0.05, 0.1) is 11.9 Å². The highest BCUT2D eigenvalue weighted by Crippen LogP contribution is 2.23. The van der Waals surface area contributed by atoms with E-state index in [1.165, 1.54) is 16.4 Å². The number of hydrogen-bond acceptors (Lipinski definition) is 7. The molecule has 4 heterocycles. The molecule has 0 aromatic carbocycles. The smallest absolute Gasteiger partial charge is 0.291 e. The molecule has 0 radical (unpaired) electrons. The first-order valence-corrected chi connectivity index (χ1v) is 11.7. The normalized spacial score (nSPS) is 19.0. The van der Waals surface area contributed by atoms with E-state index in [4.69, 9.17) is 4.42 Å². The van der Waals surface area contributed by atoms with Crippen LogP contribution in [0, 0.1) is 0 Å². The van der Waals surface area contributed by atoms with E-state index in [2.05, 4.69) is 27.1 Å². The zero-order valence-electron chi connectivity index (χ0n) is 17.1. The molecular weight excluding hydrogens is 406 g/mol. The Balaban J connectivity index is 1.39. The number of carbonyl (C=O) groups is 1. The minimum Gasteiger partial charge on any atom is -0.438 e. The maximum absolute atomic E-state index is 12.7. The van der Waals surface area contributed by atoms with Crippen LogP contribution in [0.2, 0.25) is 0 Å². The summed E-state index contributed by atoms with van der Waals surface area (Å²) in [6.45, 7) is 4.76. The lowest BCUT2D eigenvalue weighted by Crippen LogP contribution is -2.44. The van der Waals surface area contributed by atoms with E-state index in [0.29, 0.717) is 18.8 Å². The number of likely N-dealkylation sites (N-methyl/N-ethyl adjacent to an activating group) is 1. The number of carbonyl (C=O) groups excluding carboxylic acids is 1. The second kappa shape index (κ2) is 8.75. The minimum atomic E-state index is -3.70. The summed E-state index contributed by atoms with van der Waals surface area (Å²) in [5, 5.41) is 2.51. The van der Waals surface area contributed by atoms with Crippen molar-refractivity contribution >= 4 is 27.4 Å². The highest BCUT2D eigenvalue weighted by atomic mass is 32.2. The monoisotopic (exact) mass is 433 g/mol. The third-order valence-electron chi connectivity index (χ3n) is 5.55. The molecule has 30 heavy (non-hydrogen) atoms. The average Bonchev–Trinajstić information content (AvgIpc) is 3.27. The maximum Gasteiger partial charge on any atom is 0.291 e. The summed E-state index contributed by atoms with van der Waals surface area (Å²) in [7, 11) is -1.61. The molecule has 2 aromatic rings. The fraction of sp³-hybridized carbons (Fsp3) is 0.500. The van der Waals surface area contributed by atoms with Crippen LogP contribution in [0.1, 0.15) is 29.8 Å². The van der Waals surface area contributed by atoms with Crippen molar-refractivity contribution in [2.75, 3.05) is 56.5 Å². The Hall–Kier alpha value is -2.43. The number of pyridine rings is 1. The number of piperazine rings is 1. The maximum atomic E-state index is 12.7. The zero-order valence-corrected chi connectivity index (χ0v) is 17.9. The summed E-state index contributed by atoms with van der Waals surface area (Å²) in [6.07, 6.45) is 4.30. The minimum absolute atomic E-state index is 0.0475. The van der Waals surface area contributed by atoms with E-state index in [0.717, 1.165) is 51.3 Å². The third-order valence-corrected chi connectivity index (χ3v) is 7.32. The zero-order chi connectivity index (χ0) is 21.1. The molecule has 2 aromatic heterocycles. The van der Waals surface area contributed by atoms with Gasteiger partial charge < -0.3 is 19.5 Å². The number of amides is 1. The number of anilines is 2. The van der Waals surface area contributed by atoms with Gasteiger partial charge in [-0.2, -0.15) is 4.31 Å². The number of aromatic nitrogens is 1. The molecule has 4 rings (SSSR count). The third kappa shape index (κ3) is 4.50. The van der Waals surface area contributed by atoms with Crippen LogP contribution in [0.25, 0.3) is 0 Å². The van der Waals surface area contributed by atoms with Gasteiger partial charge in [0, 0.05) is 39.3 Å². The molecule has 0 atom stereocenters. The Bertz CT molecular complexity index is 975. The Labute approximate surface area is 176 Å². The molecule has 0 unspecified atom stereocenters. The van der Waals surface area contributed by atoms with Gasteiger partial charge in [-0.3, -0.25) is 4.79 Å². The molecule has 10 heteroatoms. The predicted octanol–water partition coefficient (Wildman–Crippen LogP) is 1.85. The van der Waals surface area contributed by atoms with Crippen LogP contribution in [0.3, 0.4) is 0 Å². The summed E-state index contributed by atoms with van der Waals surface area (Å²) in [5.74, 6) is 0.312. The quantitative estimate of drug-likeness (QED) is 0.768.